The van der Waals surface area contributed by atoms with Gasteiger partial charge in [-0.25, -0.2) is 18.7 Å². The lowest BCUT2D eigenvalue weighted by Gasteiger charge is -2.23. The van der Waals surface area contributed by atoms with Crippen LogP contribution in [0.3, 0.4) is 0 Å². The predicted octanol–water partition coefficient (Wildman–Crippen LogP) is 5.28. The van der Waals surface area contributed by atoms with Crippen LogP contribution in [-0.2, 0) is 4.79 Å². The number of fused-ring (bicyclic) bond motifs is 1. The number of hydrogen-bond acceptors (Lipinski definition) is 7. The van der Waals surface area contributed by atoms with Gasteiger partial charge in [0.1, 0.15) is 23.6 Å². The molecular weight excluding hydrogens is 476 g/mol. The standard InChI is InChI=1S/C24H23F2N5O3S/c1-3-10-35-31-16-5-4-15(25)18(19(16)26)20(32)14-11-27-21-17(14)22(29-12-28-21)30-13-6-8-24(2,9-7-13)23(33)34/h4-8,11-12,31H,3,9-10H2,1-2H3,(H,33,34)(H2,27,28,29,30). The largest absolute Gasteiger partial charge is 0.481 e. The molecule has 0 saturated carbocycles. The molecule has 0 spiro atoms. The Hall–Kier alpha value is -3.73. The zero-order chi connectivity index (χ0) is 25.2. The molecule has 0 amide bonds. The Bertz CT molecular complexity index is 1370. The number of halogens is 2. The monoisotopic (exact) mass is 499 g/mol. The van der Waals surface area contributed by atoms with E-state index in [1.165, 1.54) is 30.5 Å². The SMILES string of the molecule is CCCSNc1ccc(F)c(C(=O)c2c[nH]c3ncnc(NC4=CCC(C)(C(=O)O)C=C4)c23)c1F. The van der Waals surface area contributed by atoms with Crippen molar-refractivity contribution in [2.24, 2.45) is 5.41 Å². The van der Waals surface area contributed by atoms with Gasteiger partial charge in [-0.3, -0.25) is 9.59 Å². The maximum absolute atomic E-state index is 15.2. The Kier molecular flexibility index (Phi) is 6.88. The summed E-state index contributed by atoms with van der Waals surface area (Å²) in [4.78, 5) is 36.0. The summed E-state index contributed by atoms with van der Waals surface area (Å²) in [6.07, 6.45) is 8.61. The molecule has 0 bridgehead atoms. The van der Waals surface area contributed by atoms with Crippen molar-refractivity contribution >= 4 is 46.2 Å². The van der Waals surface area contributed by atoms with Gasteiger partial charge in [0.05, 0.1) is 27.6 Å². The van der Waals surface area contributed by atoms with Crippen LogP contribution in [0.4, 0.5) is 20.3 Å². The molecule has 2 heterocycles. The summed E-state index contributed by atoms with van der Waals surface area (Å²) < 4.78 is 32.6. The number of carbonyl (C=O) groups excluding carboxylic acids is 1. The minimum atomic E-state index is -1.02. The van der Waals surface area contributed by atoms with E-state index in [1.54, 1.807) is 25.2 Å². The van der Waals surface area contributed by atoms with Crippen molar-refractivity contribution in [2.75, 3.05) is 15.8 Å². The van der Waals surface area contributed by atoms with E-state index in [-0.39, 0.29) is 28.9 Å². The van der Waals surface area contributed by atoms with Crippen LogP contribution in [0, 0.1) is 17.0 Å². The smallest absolute Gasteiger partial charge is 0.313 e. The van der Waals surface area contributed by atoms with Gasteiger partial charge in [-0.1, -0.05) is 31.0 Å². The second-order valence-electron chi connectivity index (χ2n) is 8.26. The second-order valence-corrected chi connectivity index (χ2v) is 9.16. The molecule has 0 saturated heterocycles. The number of rotatable bonds is 9. The van der Waals surface area contributed by atoms with Crippen LogP contribution in [0.1, 0.15) is 42.6 Å². The fraction of sp³-hybridized carbons (Fsp3) is 0.250. The lowest BCUT2D eigenvalue weighted by molar-refractivity contribution is -0.145. The number of hydrogen-bond donors (Lipinski definition) is 4. The summed E-state index contributed by atoms with van der Waals surface area (Å²) in [5, 5.41) is 12.7. The zero-order valence-corrected chi connectivity index (χ0v) is 19.8. The third-order valence-electron chi connectivity index (χ3n) is 5.65. The highest BCUT2D eigenvalue weighted by Gasteiger charge is 2.31. The third-order valence-corrected chi connectivity index (χ3v) is 6.63. The number of ketones is 1. The number of nitrogens with zero attached hydrogens (tertiary/aromatic N) is 2. The topological polar surface area (TPSA) is 120 Å². The highest BCUT2D eigenvalue weighted by Crippen LogP contribution is 2.33. The first kappa shape index (κ1) is 24.4. The molecule has 4 N–H and O–H groups in total. The van der Waals surface area contributed by atoms with E-state index >= 15 is 4.39 Å². The van der Waals surface area contributed by atoms with Gasteiger partial charge in [-0.15, -0.1) is 0 Å². The summed E-state index contributed by atoms with van der Waals surface area (Å²) >= 11 is 1.26. The summed E-state index contributed by atoms with van der Waals surface area (Å²) in [6, 6.07) is 2.30. The number of nitrogens with one attached hydrogen (secondary N) is 3. The van der Waals surface area contributed by atoms with Crippen molar-refractivity contribution in [3.8, 4) is 0 Å². The summed E-state index contributed by atoms with van der Waals surface area (Å²) in [5.74, 6) is -2.82. The molecular formula is C24H23F2N5O3S. The van der Waals surface area contributed by atoms with Crippen molar-refractivity contribution in [3.63, 3.8) is 0 Å². The van der Waals surface area contributed by atoms with Gasteiger partial charge >= 0.3 is 5.97 Å². The number of allylic oxidation sites excluding steroid dienone is 2. The minimum Gasteiger partial charge on any atom is -0.481 e. The fourth-order valence-electron chi connectivity index (χ4n) is 3.56. The Morgan fingerprint density at radius 2 is 2.09 bits per heavy atom. The van der Waals surface area contributed by atoms with Crippen LogP contribution >= 0.6 is 11.9 Å². The Morgan fingerprint density at radius 1 is 1.29 bits per heavy atom. The average Bonchev–Trinajstić information content (AvgIpc) is 3.27. The number of benzene rings is 1. The molecule has 182 valence electrons. The van der Waals surface area contributed by atoms with Crippen molar-refractivity contribution in [2.45, 2.75) is 26.7 Å². The van der Waals surface area contributed by atoms with Crippen LogP contribution in [0.5, 0.6) is 0 Å². The Balaban J connectivity index is 1.69. The van der Waals surface area contributed by atoms with Gasteiger partial charge in [0.25, 0.3) is 0 Å². The van der Waals surface area contributed by atoms with Gasteiger partial charge in [0.2, 0.25) is 5.78 Å². The molecule has 11 heteroatoms. The number of H-pyrrole nitrogens is 1. The molecule has 0 aliphatic heterocycles. The van der Waals surface area contributed by atoms with E-state index in [9.17, 15) is 19.1 Å². The maximum atomic E-state index is 15.2. The molecule has 2 aromatic heterocycles. The van der Waals surface area contributed by atoms with E-state index < -0.39 is 34.4 Å². The molecule has 35 heavy (non-hydrogen) atoms. The predicted molar refractivity (Wildman–Crippen MR) is 131 cm³/mol. The van der Waals surface area contributed by atoms with Crippen LogP contribution in [0.15, 0.2) is 48.6 Å². The van der Waals surface area contributed by atoms with E-state index in [4.69, 9.17) is 0 Å². The number of anilines is 2. The van der Waals surface area contributed by atoms with Crippen molar-refractivity contribution < 1.29 is 23.5 Å². The first-order valence-electron chi connectivity index (χ1n) is 10.9. The second kappa shape index (κ2) is 9.87. The molecule has 1 aliphatic rings. The number of carboxylic acids is 1. The van der Waals surface area contributed by atoms with Crippen LogP contribution < -0.4 is 10.0 Å². The molecule has 1 aromatic carbocycles. The van der Waals surface area contributed by atoms with E-state index in [2.05, 4.69) is 25.0 Å². The maximum Gasteiger partial charge on any atom is 0.313 e. The first-order chi connectivity index (χ1) is 16.7. The first-order valence-corrected chi connectivity index (χ1v) is 11.9. The third kappa shape index (κ3) is 4.76. The van der Waals surface area contributed by atoms with E-state index in [1.807, 2.05) is 6.92 Å². The molecule has 8 nitrogen and oxygen atoms in total. The quantitative estimate of drug-likeness (QED) is 0.178. The van der Waals surface area contributed by atoms with Gasteiger partial charge in [0.15, 0.2) is 5.82 Å². The van der Waals surface area contributed by atoms with Crippen LogP contribution in [0.25, 0.3) is 11.0 Å². The molecule has 3 aromatic rings. The van der Waals surface area contributed by atoms with Gasteiger partial charge < -0.3 is 20.1 Å². The Labute approximate surface area is 204 Å². The Morgan fingerprint density at radius 3 is 2.77 bits per heavy atom. The molecule has 0 fully saturated rings. The zero-order valence-electron chi connectivity index (χ0n) is 19.0. The van der Waals surface area contributed by atoms with Gasteiger partial charge in [0, 0.05) is 17.6 Å². The average molecular weight is 500 g/mol. The van der Waals surface area contributed by atoms with Crippen molar-refractivity contribution in [1.82, 2.24) is 15.0 Å². The molecule has 1 unspecified atom stereocenters. The van der Waals surface area contributed by atoms with Gasteiger partial charge in [-0.2, -0.15) is 0 Å². The number of carboxylic acid groups (broad SMARTS) is 1. The highest BCUT2D eigenvalue weighted by molar-refractivity contribution is 8.00. The normalized spacial score (nSPS) is 17.3. The number of aromatic amines is 1. The van der Waals surface area contributed by atoms with Crippen molar-refractivity contribution in [1.29, 1.82) is 0 Å². The summed E-state index contributed by atoms with van der Waals surface area (Å²) in [7, 11) is 0. The minimum absolute atomic E-state index is 0.00461. The number of aromatic nitrogens is 3. The molecule has 1 aliphatic carbocycles. The number of carbonyl (C=O) groups is 2. The van der Waals surface area contributed by atoms with E-state index in [0.717, 1.165) is 12.5 Å². The highest BCUT2D eigenvalue weighted by atomic mass is 32.2. The molecule has 1 atom stereocenters. The summed E-state index contributed by atoms with van der Waals surface area (Å²) in [5.41, 5.74) is -0.825. The fourth-order valence-corrected chi connectivity index (χ4v) is 4.18. The molecule has 0 radical (unpaired) electrons. The molecule has 4 rings (SSSR count). The lowest BCUT2D eigenvalue weighted by Crippen LogP contribution is -2.26. The lowest BCUT2D eigenvalue weighted by atomic mass is 9.83. The van der Waals surface area contributed by atoms with Crippen LogP contribution in [-0.4, -0.2) is 37.6 Å². The van der Waals surface area contributed by atoms with Gasteiger partial charge in [-0.05, 0) is 38.0 Å². The van der Waals surface area contributed by atoms with Crippen molar-refractivity contribution in [3.05, 3.63) is 71.3 Å². The summed E-state index contributed by atoms with van der Waals surface area (Å²) in [6.45, 7) is 3.58. The van der Waals surface area contributed by atoms with Crippen LogP contribution in [0.2, 0.25) is 0 Å². The number of aliphatic carboxylic acids is 1. The van der Waals surface area contributed by atoms with E-state index in [0.29, 0.717) is 17.1 Å².